The van der Waals surface area contributed by atoms with Crippen LogP contribution < -0.4 is 16.8 Å². The molecule has 2 aromatic carbocycles. The summed E-state index contributed by atoms with van der Waals surface area (Å²) < 4.78 is 0. The molecule has 3 heterocycles. The van der Waals surface area contributed by atoms with Crippen LogP contribution in [0.3, 0.4) is 0 Å². The first kappa shape index (κ1) is 34.3. The molecule has 3 aliphatic rings. The SMILES string of the molecule is NC(=O)c1ccc(C(=O)N2CCCCCC2)cc1.NC(=O)c1cccc(C(=O)N2CCCCCC2)c1.O=C1CCCCCN1. The van der Waals surface area contributed by atoms with Crippen LogP contribution in [0, 0.1) is 0 Å². The summed E-state index contributed by atoms with van der Waals surface area (Å²) in [5, 5.41) is 2.81. The Morgan fingerprint density at radius 1 is 0.545 bits per heavy atom. The first-order valence-corrected chi connectivity index (χ1v) is 15.9. The van der Waals surface area contributed by atoms with Gasteiger partial charge in [-0.3, -0.25) is 24.0 Å². The summed E-state index contributed by atoms with van der Waals surface area (Å²) in [6.07, 6.45) is 13.2. The number of nitrogens with one attached hydrogen (secondary N) is 1. The average Bonchev–Trinajstić information content (AvgIpc) is 3.58. The van der Waals surface area contributed by atoms with Gasteiger partial charge in [-0.05, 0) is 81.0 Å². The number of likely N-dealkylation sites (tertiary alicyclic amines) is 2. The van der Waals surface area contributed by atoms with Crippen LogP contribution in [-0.2, 0) is 4.79 Å². The van der Waals surface area contributed by atoms with Crippen LogP contribution in [0.25, 0.3) is 0 Å². The highest BCUT2D eigenvalue weighted by molar-refractivity contribution is 5.99. The van der Waals surface area contributed by atoms with Gasteiger partial charge in [0, 0.05) is 61.4 Å². The lowest BCUT2D eigenvalue weighted by molar-refractivity contribution is -0.120. The van der Waals surface area contributed by atoms with Crippen LogP contribution in [0.15, 0.2) is 48.5 Å². The number of rotatable bonds is 4. The number of hydrogen-bond acceptors (Lipinski definition) is 5. The first-order chi connectivity index (χ1) is 21.3. The van der Waals surface area contributed by atoms with Gasteiger partial charge in [-0.1, -0.05) is 38.2 Å². The number of primary amides is 2. The van der Waals surface area contributed by atoms with Crippen molar-refractivity contribution in [3.8, 4) is 0 Å². The molecule has 44 heavy (non-hydrogen) atoms. The molecule has 0 aliphatic carbocycles. The second-order valence-electron chi connectivity index (χ2n) is 11.5. The molecule has 0 atom stereocenters. The Kier molecular flexibility index (Phi) is 14.4. The molecule has 3 saturated heterocycles. The van der Waals surface area contributed by atoms with E-state index < -0.39 is 11.8 Å². The van der Waals surface area contributed by atoms with Gasteiger partial charge in [-0.15, -0.1) is 0 Å². The van der Waals surface area contributed by atoms with Gasteiger partial charge in [0.05, 0.1) is 0 Å². The minimum atomic E-state index is -0.500. The van der Waals surface area contributed by atoms with Crippen molar-refractivity contribution in [1.82, 2.24) is 15.1 Å². The fourth-order valence-electron chi connectivity index (χ4n) is 5.40. The van der Waals surface area contributed by atoms with Crippen molar-refractivity contribution in [3.05, 3.63) is 70.8 Å². The van der Waals surface area contributed by atoms with E-state index >= 15 is 0 Å². The maximum absolute atomic E-state index is 12.3. The molecule has 0 aromatic heterocycles. The fourth-order valence-corrected chi connectivity index (χ4v) is 5.40. The minimum Gasteiger partial charge on any atom is -0.366 e. The van der Waals surface area contributed by atoms with E-state index in [-0.39, 0.29) is 17.7 Å². The molecule has 3 fully saturated rings. The molecule has 0 unspecified atom stereocenters. The molecular weight excluding hydrogens is 558 g/mol. The second kappa shape index (κ2) is 18.5. The highest BCUT2D eigenvalue weighted by Gasteiger charge is 2.19. The Balaban J connectivity index is 0.000000194. The Bertz CT molecular complexity index is 1240. The van der Waals surface area contributed by atoms with Crippen LogP contribution in [0.5, 0.6) is 0 Å². The third-order valence-corrected chi connectivity index (χ3v) is 8.00. The standard InChI is InChI=1S/2C14H18N2O2.C6H11NO/c15-13(17)11-5-7-12(8-6-11)14(18)16-9-3-1-2-4-10-16;15-13(17)11-6-5-7-12(10-11)14(18)16-8-3-1-2-4-9-16;8-6-4-2-1-3-5-7-6/h5-8H,1-4,9-10H2,(H2,15,17);5-7,10H,1-4,8-9H2,(H2,15,17);1-5H2,(H,7,8). The molecule has 5 N–H and O–H groups in total. The molecule has 0 saturated carbocycles. The lowest BCUT2D eigenvalue weighted by atomic mass is 10.1. The average molecular weight is 606 g/mol. The van der Waals surface area contributed by atoms with E-state index in [4.69, 9.17) is 11.5 Å². The molecule has 5 amide bonds. The molecule has 0 radical (unpaired) electrons. The zero-order valence-electron chi connectivity index (χ0n) is 25.7. The third kappa shape index (κ3) is 11.5. The lowest BCUT2D eigenvalue weighted by Gasteiger charge is -2.20. The van der Waals surface area contributed by atoms with E-state index in [0.29, 0.717) is 22.3 Å². The predicted molar refractivity (Wildman–Crippen MR) is 170 cm³/mol. The quantitative estimate of drug-likeness (QED) is 0.474. The maximum Gasteiger partial charge on any atom is 0.253 e. The normalized spacial score (nSPS) is 17.1. The van der Waals surface area contributed by atoms with Gasteiger partial charge >= 0.3 is 0 Å². The summed E-state index contributed by atoms with van der Waals surface area (Å²) in [5.74, 6) is -0.695. The number of carbonyl (C=O) groups is 5. The summed E-state index contributed by atoms with van der Waals surface area (Å²) in [4.78, 5) is 60.9. The summed E-state index contributed by atoms with van der Waals surface area (Å²) in [6, 6.07) is 13.2. The van der Waals surface area contributed by atoms with Gasteiger partial charge in [0.25, 0.3) is 11.8 Å². The van der Waals surface area contributed by atoms with E-state index in [2.05, 4.69) is 5.32 Å². The monoisotopic (exact) mass is 605 g/mol. The molecule has 10 heteroatoms. The van der Waals surface area contributed by atoms with Crippen molar-refractivity contribution in [3.63, 3.8) is 0 Å². The van der Waals surface area contributed by atoms with Crippen LogP contribution in [0.2, 0.25) is 0 Å². The van der Waals surface area contributed by atoms with Gasteiger partial charge in [0.2, 0.25) is 17.7 Å². The van der Waals surface area contributed by atoms with E-state index in [1.165, 1.54) is 32.1 Å². The van der Waals surface area contributed by atoms with Crippen LogP contribution in [-0.4, -0.2) is 72.1 Å². The predicted octanol–water partition coefficient (Wildman–Crippen LogP) is 4.28. The molecule has 2 aromatic rings. The van der Waals surface area contributed by atoms with Gasteiger partial charge in [0.15, 0.2) is 0 Å². The summed E-state index contributed by atoms with van der Waals surface area (Å²) >= 11 is 0. The van der Waals surface area contributed by atoms with Crippen molar-refractivity contribution >= 4 is 29.5 Å². The van der Waals surface area contributed by atoms with Crippen molar-refractivity contribution in [2.24, 2.45) is 11.5 Å². The maximum atomic E-state index is 12.3. The zero-order valence-corrected chi connectivity index (χ0v) is 25.7. The summed E-state index contributed by atoms with van der Waals surface area (Å²) in [6.45, 7) is 4.16. The molecule has 5 rings (SSSR count). The largest absolute Gasteiger partial charge is 0.366 e. The number of amides is 5. The Morgan fingerprint density at radius 2 is 1.00 bits per heavy atom. The molecule has 0 bridgehead atoms. The van der Waals surface area contributed by atoms with Crippen LogP contribution in [0.1, 0.15) is 118 Å². The van der Waals surface area contributed by atoms with Crippen molar-refractivity contribution in [2.75, 3.05) is 32.7 Å². The molecule has 0 spiro atoms. The highest BCUT2D eigenvalue weighted by Crippen LogP contribution is 2.15. The number of nitrogens with zero attached hydrogens (tertiary/aromatic N) is 2. The molecule has 238 valence electrons. The van der Waals surface area contributed by atoms with Crippen LogP contribution in [0.4, 0.5) is 0 Å². The summed E-state index contributed by atoms with van der Waals surface area (Å²) in [5.41, 5.74) is 12.4. The first-order valence-electron chi connectivity index (χ1n) is 15.9. The summed E-state index contributed by atoms with van der Waals surface area (Å²) in [7, 11) is 0. The molecule has 3 aliphatic heterocycles. The highest BCUT2D eigenvalue weighted by atomic mass is 16.2. The van der Waals surface area contributed by atoms with Gasteiger partial charge < -0.3 is 26.6 Å². The molecule has 10 nitrogen and oxygen atoms in total. The van der Waals surface area contributed by atoms with Crippen molar-refractivity contribution < 1.29 is 24.0 Å². The Morgan fingerprint density at radius 3 is 1.52 bits per heavy atom. The number of benzene rings is 2. The number of nitrogens with two attached hydrogens (primary N) is 2. The van der Waals surface area contributed by atoms with Gasteiger partial charge in [-0.2, -0.15) is 0 Å². The van der Waals surface area contributed by atoms with Crippen molar-refractivity contribution in [1.29, 1.82) is 0 Å². The van der Waals surface area contributed by atoms with Gasteiger partial charge in [0.1, 0.15) is 0 Å². The topological polar surface area (TPSA) is 156 Å². The third-order valence-electron chi connectivity index (χ3n) is 8.00. The van der Waals surface area contributed by atoms with E-state index in [1.54, 1.807) is 48.5 Å². The Hall–Kier alpha value is -4.21. The molecular formula is C34H47N5O5. The van der Waals surface area contributed by atoms with E-state index in [0.717, 1.165) is 77.7 Å². The fraction of sp³-hybridized carbons (Fsp3) is 0.500. The Labute approximate surface area is 260 Å². The van der Waals surface area contributed by atoms with Crippen molar-refractivity contribution in [2.45, 2.75) is 77.0 Å². The second-order valence-corrected chi connectivity index (χ2v) is 11.5. The lowest BCUT2D eigenvalue weighted by Crippen LogP contribution is -2.32. The number of hydrogen-bond donors (Lipinski definition) is 3. The smallest absolute Gasteiger partial charge is 0.253 e. The van der Waals surface area contributed by atoms with Gasteiger partial charge in [-0.25, -0.2) is 0 Å². The zero-order chi connectivity index (χ0) is 31.7. The minimum absolute atomic E-state index is 0.000000000000000444. The van der Waals surface area contributed by atoms with Crippen LogP contribution >= 0.6 is 0 Å². The van der Waals surface area contributed by atoms with E-state index in [9.17, 15) is 24.0 Å². The van der Waals surface area contributed by atoms with E-state index in [1.807, 2.05) is 9.80 Å². The number of carbonyl (C=O) groups excluding carboxylic acids is 5.